The van der Waals surface area contributed by atoms with Crippen molar-refractivity contribution in [2.45, 2.75) is 0 Å². The minimum absolute atomic E-state index is 0.268. The van der Waals surface area contributed by atoms with Gasteiger partial charge in [-0.3, -0.25) is 0 Å². The molecule has 0 aliphatic heterocycles. The fourth-order valence-electron chi connectivity index (χ4n) is 1.26. The van der Waals surface area contributed by atoms with Gasteiger partial charge in [0, 0.05) is 7.05 Å². The Hall–Kier alpha value is -1.53. The van der Waals surface area contributed by atoms with Crippen molar-refractivity contribution in [1.82, 2.24) is 15.0 Å². The summed E-state index contributed by atoms with van der Waals surface area (Å²) in [5.41, 5.74) is 0.219. The molecule has 0 unspecified atom stereocenters. The molecule has 2 rings (SSSR count). The summed E-state index contributed by atoms with van der Waals surface area (Å²) in [6, 6.07) is 3.44. The summed E-state index contributed by atoms with van der Waals surface area (Å²) < 4.78 is 38.4. The largest absolute Gasteiger partial charge is 0.509 e. The minimum Gasteiger partial charge on any atom is -0.445 e. The lowest BCUT2D eigenvalue weighted by Crippen LogP contribution is -2.33. The molecule has 0 aliphatic rings. The Balaban J connectivity index is 2.63. The number of aromatic nitrogens is 3. The maximum Gasteiger partial charge on any atom is 0.509 e. The van der Waals surface area contributed by atoms with Crippen LogP contribution in [0.5, 0.6) is 0 Å². The summed E-state index contributed by atoms with van der Waals surface area (Å²) in [7, 11) is 1.63. The van der Waals surface area contributed by atoms with Crippen LogP contribution in [0.4, 0.5) is 12.9 Å². The second kappa shape index (κ2) is 2.73. The highest BCUT2D eigenvalue weighted by Crippen LogP contribution is 2.13. The normalized spacial score (nSPS) is 12.3. The third-order valence-corrected chi connectivity index (χ3v) is 2.01. The monoisotopic (exact) mass is 200 g/mol. The van der Waals surface area contributed by atoms with Crippen molar-refractivity contribution in [1.29, 1.82) is 0 Å². The van der Waals surface area contributed by atoms with Gasteiger partial charge in [-0.2, -0.15) is 0 Å². The van der Waals surface area contributed by atoms with E-state index in [-0.39, 0.29) is 5.52 Å². The number of aryl methyl sites for hydroxylation is 1. The molecule has 0 radical (unpaired) electrons. The van der Waals surface area contributed by atoms with E-state index in [0.717, 1.165) is 12.1 Å². The summed E-state index contributed by atoms with van der Waals surface area (Å²) >= 11 is 0. The highest BCUT2D eigenvalue weighted by Gasteiger charge is 2.25. The van der Waals surface area contributed by atoms with E-state index in [1.165, 1.54) is 10.7 Å². The van der Waals surface area contributed by atoms with Gasteiger partial charge in [0.25, 0.3) is 0 Å². The molecule has 14 heavy (non-hydrogen) atoms. The van der Waals surface area contributed by atoms with Gasteiger partial charge < -0.3 is 12.9 Å². The first-order chi connectivity index (χ1) is 6.48. The molecule has 0 amide bonds. The highest BCUT2D eigenvalue weighted by molar-refractivity contribution is 6.73. The van der Waals surface area contributed by atoms with Gasteiger partial charge in [0.15, 0.2) is 0 Å². The average molecular weight is 200 g/mol. The van der Waals surface area contributed by atoms with Crippen LogP contribution in [0.1, 0.15) is 0 Å². The third kappa shape index (κ3) is 1.34. The van der Waals surface area contributed by atoms with Crippen molar-refractivity contribution in [3.05, 3.63) is 18.2 Å². The Morgan fingerprint density at radius 2 is 2.00 bits per heavy atom. The smallest absolute Gasteiger partial charge is 0.445 e. The van der Waals surface area contributed by atoms with Gasteiger partial charge in [-0.15, -0.1) is 10.6 Å². The van der Waals surface area contributed by atoms with Crippen molar-refractivity contribution in [2.75, 3.05) is 0 Å². The van der Waals surface area contributed by atoms with Gasteiger partial charge in [-0.25, -0.2) is 4.68 Å². The number of benzene rings is 1. The standard InChI is InChI=1S/C7H6BF3N3/c1-14-7-3-2-5(8(9,10)11)4-6(7)12-13-14/h2-4H,1H3/q-1. The van der Waals surface area contributed by atoms with E-state index >= 15 is 0 Å². The van der Waals surface area contributed by atoms with Gasteiger partial charge in [-0.05, 0) is 6.07 Å². The molecule has 0 spiro atoms. The zero-order chi connectivity index (χ0) is 10.3. The topological polar surface area (TPSA) is 30.7 Å². The summed E-state index contributed by atoms with van der Waals surface area (Å²) in [6.45, 7) is -4.95. The van der Waals surface area contributed by atoms with Crippen LogP contribution in [0.25, 0.3) is 11.0 Å². The lowest BCUT2D eigenvalue weighted by Gasteiger charge is -2.13. The summed E-state index contributed by atoms with van der Waals surface area (Å²) in [5, 5.41) is 7.24. The summed E-state index contributed by atoms with van der Waals surface area (Å²) in [4.78, 5) is 0. The third-order valence-electron chi connectivity index (χ3n) is 2.01. The van der Waals surface area contributed by atoms with E-state index in [4.69, 9.17) is 0 Å². The highest BCUT2D eigenvalue weighted by atomic mass is 19.4. The predicted octanol–water partition coefficient (Wildman–Crippen LogP) is 1.02. The van der Waals surface area contributed by atoms with Crippen LogP contribution in [0.15, 0.2) is 18.2 Å². The van der Waals surface area contributed by atoms with Crippen LogP contribution in [0.2, 0.25) is 0 Å². The Bertz CT molecular complexity index is 476. The number of nitrogens with zero attached hydrogens (tertiary/aromatic N) is 3. The fraction of sp³-hybridized carbons (Fsp3) is 0.143. The number of rotatable bonds is 1. The Morgan fingerprint density at radius 1 is 1.29 bits per heavy atom. The van der Waals surface area contributed by atoms with E-state index in [9.17, 15) is 12.9 Å². The molecule has 1 aromatic heterocycles. The molecule has 0 aliphatic carbocycles. The Labute approximate surface area is 77.6 Å². The molecule has 3 nitrogen and oxygen atoms in total. The van der Waals surface area contributed by atoms with Crippen LogP contribution >= 0.6 is 0 Å². The quantitative estimate of drug-likeness (QED) is 0.643. The molecule has 0 saturated carbocycles. The van der Waals surface area contributed by atoms with E-state index in [0.29, 0.717) is 5.52 Å². The zero-order valence-corrected chi connectivity index (χ0v) is 7.28. The first-order valence-corrected chi connectivity index (χ1v) is 3.98. The van der Waals surface area contributed by atoms with Crippen molar-refractivity contribution >= 4 is 23.5 Å². The number of hydrogen-bond acceptors (Lipinski definition) is 2. The minimum atomic E-state index is -4.95. The number of hydrogen-bond donors (Lipinski definition) is 0. The average Bonchev–Trinajstić information content (AvgIpc) is 2.46. The fourth-order valence-corrected chi connectivity index (χ4v) is 1.26. The van der Waals surface area contributed by atoms with Crippen LogP contribution < -0.4 is 5.46 Å². The molecule has 7 heteroatoms. The number of halogens is 3. The SMILES string of the molecule is Cn1nnc2cc([B-](F)(F)F)ccc21. The second-order valence-corrected chi connectivity index (χ2v) is 3.04. The second-order valence-electron chi connectivity index (χ2n) is 3.04. The molecular formula is C7H6BF3N3-. The van der Waals surface area contributed by atoms with Crippen molar-refractivity contribution in [3.8, 4) is 0 Å². The first kappa shape index (κ1) is 9.05. The zero-order valence-electron chi connectivity index (χ0n) is 7.28. The van der Waals surface area contributed by atoms with Gasteiger partial charge in [0.2, 0.25) is 0 Å². The van der Waals surface area contributed by atoms with Crippen LogP contribution in [0.3, 0.4) is 0 Å². The maximum absolute atomic E-state index is 12.3. The van der Waals surface area contributed by atoms with Crippen molar-refractivity contribution in [2.24, 2.45) is 7.05 Å². The molecule has 2 aromatic rings. The van der Waals surface area contributed by atoms with Crippen LogP contribution in [-0.4, -0.2) is 22.0 Å². The summed E-state index contributed by atoms with van der Waals surface area (Å²) in [6.07, 6.45) is 0. The Morgan fingerprint density at radius 3 is 2.64 bits per heavy atom. The first-order valence-electron chi connectivity index (χ1n) is 3.98. The van der Waals surface area contributed by atoms with Crippen LogP contribution in [-0.2, 0) is 7.05 Å². The molecule has 0 N–H and O–H groups in total. The number of fused-ring (bicyclic) bond motifs is 1. The van der Waals surface area contributed by atoms with E-state index < -0.39 is 12.4 Å². The van der Waals surface area contributed by atoms with Crippen LogP contribution in [0, 0.1) is 0 Å². The molecule has 0 saturated heterocycles. The molecule has 74 valence electrons. The Kier molecular flexibility index (Phi) is 1.76. The van der Waals surface area contributed by atoms with E-state index in [2.05, 4.69) is 10.3 Å². The molecule has 1 aromatic carbocycles. The summed E-state index contributed by atoms with van der Waals surface area (Å²) in [5.74, 6) is 0. The molecule has 0 fully saturated rings. The molecule has 1 heterocycles. The molecular weight excluding hydrogens is 194 g/mol. The van der Waals surface area contributed by atoms with Gasteiger partial charge in [-0.1, -0.05) is 17.3 Å². The molecule has 0 atom stereocenters. The van der Waals surface area contributed by atoms with Crippen molar-refractivity contribution in [3.63, 3.8) is 0 Å². The van der Waals surface area contributed by atoms with Gasteiger partial charge in [0.1, 0.15) is 5.52 Å². The van der Waals surface area contributed by atoms with E-state index in [1.807, 2.05) is 0 Å². The lowest BCUT2D eigenvalue weighted by molar-refractivity contribution is 0.501. The van der Waals surface area contributed by atoms with Gasteiger partial charge >= 0.3 is 6.98 Å². The van der Waals surface area contributed by atoms with Gasteiger partial charge in [0.05, 0.1) is 5.52 Å². The van der Waals surface area contributed by atoms with E-state index in [1.54, 1.807) is 7.05 Å². The van der Waals surface area contributed by atoms with Crippen molar-refractivity contribution < 1.29 is 12.9 Å². The molecule has 0 bridgehead atoms. The maximum atomic E-state index is 12.3. The lowest BCUT2D eigenvalue weighted by atomic mass is 9.80. The predicted molar refractivity (Wildman–Crippen MR) is 47.2 cm³/mol.